The van der Waals surface area contributed by atoms with Gasteiger partial charge in [-0.05, 0) is 18.2 Å². The molecular weight excluding hydrogens is 247 g/mol. The summed E-state index contributed by atoms with van der Waals surface area (Å²) in [6.07, 6.45) is 3.02. The summed E-state index contributed by atoms with van der Waals surface area (Å²) >= 11 is 5.98. The van der Waals surface area contributed by atoms with Gasteiger partial charge in [-0.15, -0.1) is 0 Å². The van der Waals surface area contributed by atoms with E-state index in [1.165, 1.54) is 30.3 Å². The molecule has 0 aliphatic carbocycles. The zero-order valence-electron chi connectivity index (χ0n) is 8.85. The summed E-state index contributed by atoms with van der Waals surface area (Å²) in [5.74, 6) is -1.19. The van der Waals surface area contributed by atoms with Crippen LogP contribution >= 0.6 is 11.6 Å². The standard InChI is InChI=1S/C11H8ClFN2O2/c1-17-11(16)7-3-4-8(13)10(9(7)12)15-6-2-5-14-15/h2-6H,1H3. The molecule has 4 nitrogen and oxygen atoms in total. The molecule has 2 aromatic rings. The lowest BCUT2D eigenvalue weighted by Crippen LogP contribution is -2.07. The van der Waals surface area contributed by atoms with Crippen LogP contribution in [0.15, 0.2) is 30.6 Å². The summed E-state index contributed by atoms with van der Waals surface area (Å²) < 4.78 is 19.5. The van der Waals surface area contributed by atoms with Crippen molar-refractivity contribution < 1.29 is 13.9 Å². The van der Waals surface area contributed by atoms with Crippen LogP contribution in [-0.4, -0.2) is 22.9 Å². The second-order valence-electron chi connectivity index (χ2n) is 3.20. The largest absolute Gasteiger partial charge is 0.465 e. The number of carbonyl (C=O) groups excluding carboxylic acids is 1. The summed E-state index contributed by atoms with van der Waals surface area (Å²) in [5, 5.41) is 3.85. The lowest BCUT2D eigenvalue weighted by Gasteiger charge is -2.09. The van der Waals surface area contributed by atoms with Gasteiger partial charge >= 0.3 is 5.97 Å². The maximum Gasteiger partial charge on any atom is 0.339 e. The Morgan fingerprint density at radius 2 is 2.29 bits per heavy atom. The molecule has 0 saturated heterocycles. The topological polar surface area (TPSA) is 44.1 Å². The first-order valence-corrected chi connectivity index (χ1v) is 5.09. The molecule has 0 spiro atoms. The summed E-state index contributed by atoms with van der Waals surface area (Å²) in [6.45, 7) is 0. The van der Waals surface area contributed by atoms with Crippen LogP contribution in [0, 0.1) is 5.82 Å². The molecule has 0 saturated carbocycles. The van der Waals surface area contributed by atoms with Crippen molar-refractivity contribution in [1.29, 1.82) is 0 Å². The maximum absolute atomic E-state index is 13.7. The number of ether oxygens (including phenoxy) is 1. The molecule has 0 atom stereocenters. The fourth-order valence-corrected chi connectivity index (χ4v) is 1.74. The molecule has 17 heavy (non-hydrogen) atoms. The smallest absolute Gasteiger partial charge is 0.339 e. The number of halogens is 2. The van der Waals surface area contributed by atoms with Crippen molar-refractivity contribution in [3.63, 3.8) is 0 Å². The Bertz CT molecular complexity index is 555. The Hall–Kier alpha value is -1.88. The van der Waals surface area contributed by atoms with Crippen molar-refractivity contribution in [3.8, 4) is 5.69 Å². The Morgan fingerprint density at radius 1 is 1.53 bits per heavy atom. The summed E-state index contributed by atoms with van der Waals surface area (Å²) in [4.78, 5) is 11.4. The SMILES string of the molecule is COC(=O)c1ccc(F)c(-n2cccn2)c1Cl. The number of rotatable bonds is 2. The van der Waals surface area contributed by atoms with Crippen molar-refractivity contribution in [3.05, 3.63) is 47.0 Å². The fraction of sp³-hybridized carbons (Fsp3) is 0.0909. The highest BCUT2D eigenvalue weighted by molar-refractivity contribution is 6.35. The minimum atomic E-state index is -0.622. The molecular formula is C11H8ClFN2O2. The molecule has 0 radical (unpaired) electrons. The lowest BCUT2D eigenvalue weighted by molar-refractivity contribution is 0.0601. The molecule has 0 aliphatic heterocycles. The average Bonchev–Trinajstić information content (AvgIpc) is 2.82. The van der Waals surface area contributed by atoms with E-state index in [4.69, 9.17) is 11.6 Å². The van der Waals surface area contributed by atoms with Gasteiger partial charge in [0.25, 0.3) is 0 Å². The van der Waals surface area contributed by atoms with Crippen LogP contribution in [0.3, 0.4) is 0 Å². The molecule has 0 amide bonds. The van der Waals surface area contributed by atoms with Gasteiger partial charge in [0.05, 0.1) is 17.7 Å². The average molecular weight is 255 g/mol. The van der Waals surface area contributed by atoms with Gasteiger partial charge in [0, 0.05) is 12.4 Å². The lowest BCUT2D eigenvalue weighted by atomic mass is 10.2. The van der Waals surface area contributed by atoms with Crippen molar-refractivity contribution in [2.45, 2.75) is 0 Å². The fourth-order valence-electron chi connectivity index (χ4n) is 1.42. The van der Waals surface area contributed by atoms with Crippen LogP contribution in [0.5, 0.6) is 0 Å². The number of aromatic nitrogens is 2. The van der Waals surface area contributed by atoms with Crippen molar-refractivity contribution in [2.75, 3.05) is 7.11 Å². The normalized spacial score (nSPS) is 10.3. The predicted molar refractivity (Wildman–Crippen MR) is 59.9 cm³/mol. The second-order valence-corrected chi connectivity index (χ2v) is 3.58. The number of methoxy groups -OCH3 is 1. The van der Waals surface area contributed by atoms with Crippen molar-refractivity contribution in [1.82, 2.24) is 9.78 Å². The molecule has 0 aliphatic rings. The van der Waals surface area contributed by atoms with Gasteiger partial charge in [-0.3, -0.25) is 0 Å². The maximum atomic E-state index is 13.7. The molecule has 6 heteroatoms. The molecule has 2 rings (SSSR count). The number of nitrogens with zero attached hydrogens (tertiary/aromatic N) is 2. The Kier molecular flexibility index (Phi) is 3.10. The van der Waals surface area contributed by atoms with Crippen molar-refractivity contribution >= 4 is 17.6 Å². The van der Waals surface area contributed by atoms with E-state index in [0.717, 1.165) is 6.07 Å². The second kappa shape index (κ2) is 4.55. The van der Waals surface area contributed by atoms with Gasteiger partial charge in [-0.1, -0.05) is 11.6 Å². The highest BCUT2D eigenvalue weighted by Crippen LogP contribution is 2.27. The van der Waals surface area contributed by atoms with Gasteiger partial charge in [-0.25, -0.2) is 13.9 Å². The highest BCUT2D eigenvalue weighted by Gasteiger charge is 2.18. The quantitative estimate of drug-likeness (QED) is 0.773. The van der Waals surface area contributed by atoms with Crippen LogP contribution in [0.2, 0.25) is 5.02 Å². The van der Waals surface area contributed by atoms with Crippen LogP contribution in [0.4, 0.5) is 4.39 Å². The summed E-state index contributed by atoms with van der Waals surface area (Å²) in [7, 11) is 1.23. The predicted octanol–water partition coefficient (Wildman–Crippen LogP) is 2.45. The Labute approximate surface area is 102 Å². The minimum Gasteiger partial charge on any atom is -0.465 e. The van der Waals surface area contributed by atoms with Crippen molar-refractivity contribution in [2.24, 2.45) is 0 Å². The van der Waals surface area contributed by atoms with Gasteiger partial charge < -0.3 is 4.74 Å². The van der Waals surface area contributed by atoms with Crippen LogP contribution in [0.25, 0.3) is 5.69 Å². The number of hydrogen-bond acceptors (Lipinski definition) is 3. The molecule has 1 aromatic heterocycles. The first kappa shape index (κ1) is 11.6. The third-order valence-corrected chi connectivity index (χ3v) is 2.59. The monoisotopic (exact) mass is 254 g/mol. The zero-order valence-corrected chi connectivity index (χ0v) is 9.61. The van der Waals surface area contributed by atoms with Gasteiger partial charge in [-0.2, -0.15) is 5.10 Å². The van der Waals surface area contributed by atoms with Crippen LogP contribution in [0.1, 0.15) is 10.4 Å². The van der Waals surface area contributed by atoms with E-state index in [0.29, 0.717) is 0 Å². The van der Waals surface area contributed by atoms with E-state index in [9.17, 15) is 9.18 Å². The molecule has 0 bridgehead atoms. The summed E-state index contributed by atoms with van der Waals surface area (Å²) in [5.41, 5.74) is 0.126. The van der Waals surface area contributed by atoms with Gasteiger partial charge in [0.2, 0.25) is 0 Å². The number of esters is 1. The van der Waals surface area contributed by atoms with E-state index in [1.54, 1.807) is 6.07 Å². The third-order valence-electron chi connectivity index (χ3n) is 2.21. The molecule has 88 valence electrons. The summed E-state index contributed by atoms with van der Waals surface area (Å²) in [6, 6.07) is 4.05. The van der Waals surface area contributed by atoms with E-state index in [1.807, 2.05) is 0 Å². The van der Waals surface area contributed by atoms with Gasteiger partial charge in [0.15, 0.2) is 0 Å². The number of hydrogen-bond donors (Lipinski definition) is 0. The van der Waals surface area contributed by atoms with E-state index in [-0.39, 0.29) is 16.3 Å². The first-order chi connectivity index (χ1) is 8.15. The molecule has 0 N–H and O–H groups in total. The molecule has 1 aromatic carbocycles. The minimum absolute atomic E-state index is 0.0273. The van der Waals surface area contributed by atoms with Crippen LogP contribution < -0.4 is 0 Å². The Balaban J connectivity index is 2.63. The van der Waals surface area contributed by atoms with Gasteiger partial charge in [0.1, 0.15) is 11.5 Å². The van der Waals surface area contributed by atoms with E-state index in [2.05, 4.69) is 9.84 Å². The highest BCUT2D eigenvalue weighted by atomic mass is 35.5. The number of carbonyl (C=O) groups is 1. The number of benzene rings is 1. The molecule has 0 fully saturated rings. The zero-order chi connectivity index (χ0) is 12.4. The third kappa shape index (κ3) is 2.01. The van der Waals surface area contributed by atoms with Crippen LogP contribution in [-0.2, 0) is 4.74 Å². The first-order valence-electron chi connectivity index (χ1n) is 4.71. The van der Waals surface area contributed by atoms with E-state index < -0.39 is 11.8 Å². The Morgan fingerprint density at radius 3 is 2.88 bits per heavy atom. The molecule has 1 heterocycles. The van der Waals surface area contributed by atoms with E-state index >= 15 is 0 Å². The molecule has 0 unspecified atom stereocenters.